The van der Waals surface area contributed by atoms with Crippen molar-refractivity contribution in [2.24, 2.45) is 5.84 Å². The highest BCUT2D eigenvalue weighted by atomic mass is 35.5. The second kappa shape index (κ2) is 3.60. The molecule has 1 aromatic carbocycles. The van der Waals surface area contributed by atoms with Gasteiger partial charge < -0.3 is 5.01 Å². The molecule has 0 aliphatic heterocycles. The fourth-order valence-corrected chi connectivity index (χ4v) is 0.941. The lowest BCUT2D eigenvalue weighted by Crippen LogP contribution is -2.29. The molecule has 0 fully saturated rings. The summed E-state index contributed by atoms with van der Waals surface area (Å²) < 4.78 is 0. The fourth-order valence-electron chi connectivity index (χ4n) is 0.815. The van der Waals surface area contributed by atoms with Crippen molar-refractivity contribution in [3.05, 3.63) is 29.3 Å². The number of hydrogen-bond acceptors (Lipinski definition) is 2. The topological polar surface area (TPSA) is 29.3 Å². The smallest absolute Gasteiger partial charge is 0.0518 e. The van der Waals surface area contributed by atoms with Crippen LogP contribution in [0, 0.1) is 0 Å². The molecule has 0 atom stereocenters. The minimum absolute atomic E-state index is 0.734. The second-order valence-corrected chi connectivity index (χ2v) is 2.70. The third kappa shape index (κ3) is 2.10. The molecule has 0 heterocycles. The van der Waals surface area contributed by atoms with Crippen LogP contribution in [0.5, 0.6) is 0 Å². The Morgan fingerprint density at radius 1 is 1.36 bits per heavy atom. The highest BCUT2D eigenvalue weighted by molar-refractivity contribution is 6.30. The molecule has 0 saturated heterocycles. The fraction of sp³-hybridized carbons (Fsp3) is 0.250. The van der Waals surface area contributed by atoms with Gasteiger partial charge in [0.15, 0.2) is 0 Å². The maximum Gasteiger partial charge on any atom is 0.0518 e. The van der Waals surface area contributed by atoms with Gasteiger partial charge >= 0.3 is 0 Å². The highest BCUT2D eigenvalue weighted by Crippen LogP contribution is 2.14. The molecule has 1 rings (SSSR count). The number of benzene rings is 1. The van der Waals surface area contributed by atoms with Gasteiger partial charge in [-0.1, -0.05) is 11.6 Å². The highest BCUT2D eigenvalue weighted by Gasteiger charge is 1.96. The number of anilines is 1. The Morgan fingerprint density at radius 3 is 2.36 bits per heavy atom. The predicted molar refractivity (Wildman–Crippen MR) is 48.7 cm³/mol. The van der Waals surface area contributed by atoms with Gasteiger partial charge in [-0.05, 0) is 31.2 Å². The molecule has 0 spiro atoms. The van der Waals surface area contributed by atoms with Crippen LogP contribution in [0.4, 0.5) is 5.69 Å². The van der Waals surface area contributed by atoms with E-state index < -0.39 is 0 Å². The van der Waals surface area contributed by atoms with E-state index in [1.807, 2.05) is 31.2 Å². The molecule has 2 N–H and O–H groups in total. The molecule has 0 unspecified atom stereocenters. The number of hydrazine groups is 1. The normalized spacial score (nSPS) is 9.73. The van der Waals surface area contributed by atoms with E-state index in [9.17, 15) is 0 Å². The van der Waals surface area contributed by atoms with E-state index in [4.69, 9.17) is 17.4 Å². The molecule has 0 aliphatic rings. The van der Waals surface area contributed by atoms with Gasteiger partial charge in [0, 0.05) is 11.6 Å². The first-order chi connectivity index (χ1) is 5.24. The maximum absolute atomic E-state index is 5.70. The van der Waals surface area contributed by atoms with E-state index in [-0.39, 0.29) is 0 Å². The summed E-state index contributed by atoms with van der Waals surface area (Å²) in [4.78, 5) is 0. The lowest BCUT2D eigenvalue weighted by atomic mass is 10.3. The summed E-state index contributed by atoms with van der Waals surface area (Å²) >= 11 is 5.70. The lowest BCUT2D eigenvalue weighted by molar-refractivity contribution is 0.892. The van der Waals surface area contributed by atoms with Crippen LogP contribution in [-0.4, -0.2) is 6.54 Å². The van der Waals surface area contributed by atoms with Crippen molar-refractivity contribution < 1.29 is 0 Å². The van der Waals surface area contributed by atoms with Crippen molar-refractivity contribution in [1.29, 1.82) is 0 Å². The molecule has 0 aromatic heterocycles. The predicted octanol–water partition coefficient (Wildman–Crippen LogP) is 2.04. The van der Waals surface area contributed by atoms with E-state index in [0.29, 0.717) is 0 Å². The van der Waals surface area contributed by atoms with Crippen LogP contribution in [0.1, 0.15) is 6.92 Å². The third-order valence-corrected chi connectivity index (χ3v) is 1.75. The number of nitrogens with two attached hydrogens (primary N) is 1. The van der Waals surface area contributed by atoms with Crippen LogP contribution >= 0.6 is 11.6 Å². The van der Waals surface area contributed by atoms with Gasteiger partial charge in [0.05, 0.1) is 5.69 Å². The number of nitrogens with zero attached hydrogens (tertiary/aromatic N) is 1. The lowest BCUT2D eigenvalue weighted by Gasteiger charge is -2.15. The Labute approximate surface area is 71.5 Å². The quantitative estimate of drug-likeness (QED) is 0.544. The van der Waals surface area contributed by atoms with E-state index in [1.54, 1.807) is 5.01 Å². The van der Waals surface area contributed by atoms with Gasteiger partial charge in [0.1, 0.15) is 0 Å². The largest absolute Gasteiger partial charge is 0.311 e. The third-order valence-electron chi connectivity index (χ3n) is 1.50. The van der Waals surface area contributed by atoms with Gasteiger partial charge in [0.2, 0.25) is 0 Å². The number of rotatable bonds is 2. The van der Waals surface area contributed by atoms with Gasteiger partial charge in [-0.2, -0.15) is 0 Å². The summed E-state index contributed by atoms with van der Waals surface area (Å²) in [6, 6.07) is 7.44. The van der Waals surface area contributed by atoms with Crippen LogP contribution in [0.3, 0.4) is 0 Å². The van der Waals surface area contributed by atoms with Gasteiger partial charge in [0.25, 0.3) is 0 Å². The average Bonchev–Trinajstić information content (AvgIpc) is 2.05. The van der Waals surface area contributed by atoms with Crippen LogP contribution in [-0.2, 0) is 0 Å². The summed E-state index contributed by atoms with van der Waals surface area (Å²) in [6.45, 7) is 2.79. The minimum Gasteiger partial charge on any atom is -0.311 e. The van der Waals surface area contributed by atoms with Crippen molar-refractivity contribution in [3.63, 3.8) is 0 Å². The first-order valence-corrected chi connectivity index (χ1v) is 3.89. The van der Waals surface area contributed by atoms with E-state index >= 15 is 0 Å². The molecule has 0 saturated carbocycles. The van der Waals surface area contributed by atoms with Crippen LogP contribution in [0.25, 0.3) is 0 Å². The molecule has 0 radical (unpaired) electrons. The van der Waals surface area contributed by atoms with Gasteiger partial charge in [-0.15, -0.1) is 0 Å². The van der Waals surface area contributed by atoms with Crippen molar-refractivity contribution in [3.8, 4) is 0 Å². The average molecular weight is 171 g/mol. The summed E-state index contributed by atoms with van der Waals surface area (Å²) in [5.74, 6) is 5.63. The Morgan fingerprint density at radius 2 is 1.91 bits per heavy atom. The van der Waals surface area contributed by atoms with E-state index in [2.05, 4.69) is 0 Å². The molecule has 2 nitrogen and oxygen atoms in total. The molecule has 60 valence electrons. The Balaban J connectivity index is 2.81. The molecule has 3 heteroatoms. The zero-order valence-electron chi connectivity index (χ0n) is 6.42. The van der Waals surface area contributed by atoms with Crippen molar-refractivity contribution >= 4 is 17.3 Å². The van der Waals surface area contributed by atoms with Crippen molar-refractivity contribution in [2.75, 3.05) is 11.6 Å². The molecule has 0 aliphatic carbocycles. The summed E-state index contributed by atoms with van der Waals surface area (Å²) in [6.07, 6.45) is 0. The summed E-state index contributed by atoms with van der Waals surface area (Å²) in [7, 11) is 0. The molecule has 1 aromatic rings. The van der Waals surface area contributed by atoms with E-state index in [0.717, 1.165) is 17.3 Å². The van der Waals surface area contributed by atoms with Gasteiger partial charge in [-0.3, -0.25) is 0 Å². The first kappa shape index (κ1) is 8.37. The second-order valence-electron chi connectivity index (χ2n) is 2.26. The number of hydrogen-bond donors (Lipinski definition) is 1. The zero-order chi connectivity index (χ0) is 8.27. The Kier molecular flexibility index (Phi) is 2.74. The molecule has 11 heavy (non-hydrogen) atoms. The molecule has 0 amide bonds. The van der Waals surface area contributed by atoms with E-state index in [1.165, 1.54) is 0 Å². The van der Waals surface area contributed by atoms with Gasteiger partial charge in [-0.25, -0.2) is 5.84 Å². The molecular weight excluding hydrogens is 160 g/mol. The maximum atomic E-state index is 5.70. The van der Waals surface area contributed by atoms with Crippen LogP contribution < -0.4 is 10.9 Å². The molecular formula is C8H11ClN2. The molecule has 0 bridgehead atoms. The first-order valence-electron chi connectivity index (χ1n) is 3.52. The minimum atomic E-state index is 0.734. The van der Waals surface area contributed by atoms with Crippen molar-refractivity contribution in [2.45, 2.75) is 6.92 Å². The van der Waals surface area contributed by atoms with Crippen LogP contribution in [0.2, 0.25) is 5.02 Å². The Bertz CT molecular complexity index is 220. The Hall–Kier alpha value is -0.730. The van der Waals surface area contributed by atoms with Crippen LogP contribution in [0.15, 0.2) is 24.3 Å². The monoisotopic (exact) mass is 170 g/mol. The summed E-state index contributed by atoms with van der Waals surface area (Å²) in [5, 5.41) is 2.40. The SMILES string of the molecule is CCN(N)c1ccc(Cl)cc1. The summed E-state index contributed by atoms with van der Waals surface area (Å²) in [5.41, 5.74) is 0.983. The van der Waals surface area contributed by atoms with Crippen molar-refractivity contribution in [1.82, 2.24) is 0 Å². The zero-order valence-corrected chi connectivity index (χ0v) is 7.17. The standard InChI is InChI=1S/C8H11ClN2/c1-2-11(10)8-5-3-7(9)4-6-8/h3-6H,2,10H2,1H3. The number of halogens is 1.